The lowest BCUT2D eigenvalue weighted by Crippen LogP contribution is -2.20. The van der Waals surface area contributed by atoms with E-state index in [1.807, 2.05) is 30.3 Å². The van der Waals surface area contributed by atoms with Crippen molar-refractivity contribution >= 4 is 38.7 Å². The van der Waals surface area contributed by atoms with E-state index in [0.29, 0.717) is 22.3 Å². The number of aryl methyl sites for hydroxylation is 1. The molecule has 0 radical (unpaired) electrons. The van der Waals surface area contributed by atoms with E-state index in [4.69, 9.17) is 9.47 Å². The number of rotatable bonds is 7. The minimum Gasteiger partial charge on any atom is -0.493 e. The lowest BCUT2D eigenvalue weighted by molar-refractivity contribution is -0.386. The van der Waals surface area contributed by atoms with E-state index in [-0.39, 0.29) is 29.4 Å². The maximum atomic E-state index is 12.9. The summed E-state index contributed by atoms with van der Waals surface area (Å²) >= 11 is 3.35. The van der Waals surface area contributed by atoms with Gasteiger partial charge in [-0.1, -0.05) is 46.3 Å². The Morgan fingerprint density at radius 2 is 1.94 bits per heavy atom. The zero-order chi connectivity index (χ0) is 24.2. The molecule has 0 saturated heterocycles. The molecule has 4 aromatic rings. The third kappa shape index (κ3) is 4.81. The molecule has 0 N–H and O–H groups in total. The van der Waals surface area contributed by atoms with Crippen LogP contribution in [0.1, 0.15) is 17.0 Å². The molecule has 0 fully saturated rings. The van der Waals surface area contributed by atoms with Crippen molar-refractivity contribution in [3.63, 3.8) is 0 Å². The summed E-state index contributed by atoms with van der Waals surface area (Å²) in [6, 6.07) is 17.4. The molecule has 9 nitrogen and oxygen atoms in total. The molecule has 0 aliphatic rings. The number of nitrogens with zero attached hydrogens (tertiary/aromatic N) is 4. The van der Waals surface area contributed by atoms with Crippen LogP contribution < -0.4 is 15.0 Å². The van der Waals surface area contributed by atoms with Gasteiger partial charge in [0.25, 0.3) is 5.56 Å². The summed E-state index contributed by atoms with van der Waals surface area (Å²) in [4.78, 5) is 28.6. The number of nitro benzene ring substituents is 1. The first-order valence-electron chi connectivity index (χ1n) is 10.1. The molecule has 0 atom stereocenters. The quantitative estimate of drug-likeness (QED) is 0.195. The molecule has 34 heavy (non-hydrogen) atoms. The van der Waals surface area contributed by atoms with Crippen LogP contribution in [0.25, 0.3) is 10.9 Å². The fourth-order valence-electron chi connectivity index (χ4n) is 3.36. The molecule has 0 aliphatic carbocycles. The molecule has 0 saturated carbocycles. The van der Waals surface area contributed by atoms with E-state index < -0.39 is 4.92 Å². The van der Waals surface area contributed by atoms with Gasteiger partial charge in [-0.2, -0.15) is 9.78 Å². The summed E-state index contributed by atoms with van der Waals surface area (Å²) in [5, 5.41) is 16.4. The Hall–Kier alpha value is -4.05. The van der Waals surface area contributed by atoms with Crippen molar-refractivity contribution in [3.8, 4) is 11.5 Å². The van der Waals surface area contributed by atoms with E-state index in [1.54, 1.807) is 31.2 Å². The van der Waals surface area contributed by atoms with Gasteiger partial charge in [0.1, 0.15) is 12.4 Å². The molecule has 0 bridgehead atoms. The van der Waals surface area contributed by atoms with Gasteiger partial charge in [0, 0.05) is 16.1 Å². The summed E-state index contributed by atoms with van der Waals surface area (Å²) in [5.74, 6) is 0.565. The molecular weight excluding hydrogens is 504 g/mol. The first-order chi connectivity index (χ1) is 16.4. The molecule has 1 heterocycles. The van der Waals surface area contributed by atoms with Crippen molar-refractivity contribution in [2.75, 3.05) is 7.11 Å². The molecule has 0 unspecified atom stereocenters. The Bertz CT molecular complexity index is 1470. The highest BCUT2D eigenvalue weighted by molar-refractivity contribution is 9.10. The highest BCUT2D eigenvalue weighted by atomic mass is 79.9. The van der Waals surface area contributed by atoms with Crippen molar-refractivity contribution in [3.05, 3.63) is 103 Å². The number of benzene rings is 3. The predicted octanol–water partition coefficient (Wildman–Crippen LogP) is 4.85. The van der Waals surface area contributed by atoms with Gasteiger partial charge in [0.05, 0.1) is 29.2 Å². The highest BCUT2D eigenvalue weighted by Crippen LogP contribution is 2.38. The van der Waals surface area contributed by atoms with Gasteiger partial charge in [-0.05, 0) is 36.8 Å². The number of hydrogen-bond donors (Lipinski definition) is 0. The lowest BCUT2D eigenvalue weighted by Gasteiger charge is -2.12. The normalized spacial score (nSPS) is 11.1. The second-order valence-electron chi connectivity index (χ2n) is 7.28. The molecule has 1 aromatic heterocycles. The number of hydrogen-bond acceptors (Lipinski definition) is 7. The minimum atomic E-state index is -0.549. The number of halogens is 1. The third-order valence-corrected chi connectivity index (χ3v) is 5.49. The van der Waals surface area contributed by atoms with Crippen molar-refractivity contribution in [1.82, 2.24) is 9.66 Å². The molecule has 3 aromatic carbocycles. The van der Waals surface area contributed by atoms with Crippen LogP contribution in [0.4, 0.5) is 5.69 Å². The fraction of sp³-hybridized carbons (Fsp3) is 0.125. The smallest absolute Gasteiger partial charge is 0.315 e. The number of ether oxygens (including phenoxy) is 2. The van der Waals surface area contributed by atoms with Crippen LogP contribution in [0.5, 0.6) is 11.5 Å². The maximum Gasteiger partial charge on any atom is 0.315 e. The maximum absolute atomic E-state index is 12.9. The highest BCUT2D eigenvalue weighted by Gasteiger charge is 2.22. The number of methoxy groups -OCH3 is 1. The Morgan fingerprint density at radius 1 is 1.18 bits per heavy atom. The topological polar surface area (TPSA) is 109 Å². The standard InChI is InChI=1S/C24H19BrN4O5/c1-15-27-20-9-8-18(25)12-19(20)24(30)28(15)26-13-17-10-21(29(31)32)23(22(11-17)33-2)34-14-16-6-4-3-5-7-16/h3-13H,14H2,1-2H3. The molecule has 0 amide bonds. The average molecular weight is 523 g/mol. The number of aromatic nitrogens is 2. The van der Waals surface area contributed by atoms with E-state index in [2.05, 4.69) is 26.0 Å². The summed E-state index contributed by atoms with van der Waals surface area (Å²) in [6.07, 6.45) is 1.34. The van der Waals surface area contributed by atoms with Crippen LogP contribution in [0.2, 0.25) is 0 Å². The molecule has 0 spiro atoms. The summed E-state index contributed by atoms with van der Waals surface area (Å²) in [5.41, 5.74) is 1.13. The molecule has 172 valence electrons. The molecular formula is C24H19BrN4O5. The number of fused-ring (bicyclic) bond motifs is 1. The van der Waals surface area contributed by atoms with Crippen LogP contribution in [0.15, 0.2) is 75.0 Å². The fourth-order valence-corrected chi connectivity index (χ4v) is 3.73. The SMILES string of the molecule is COc1cc(C=Nn2c(C)nc3ccc(Br)cc3c2=O)cc([N+](=O)[O-])c1OCc1ccccc1. The van der Waals surface area contributed by atoms with Crippen LogP contribution in [-0.2, 0) is 6.61 Å². The third-order valence-electron chi connectivity index (χ3n) is 4.99. The van der Waals surface area contributed by atoms with Crippen molar-refractivity contribution < 1.29 is 14.4 Å². The Labute approximate surface area is 202 Å². The largest absolute Gasteiger partial charge is 0.493 e. The summed E-state index contributed by atoms with van der Waals surface area (Å²) in [7, 11) is 1.40. The van der Waals surface area contributed by atoms with Gasteiger partial charge in [0.15, 0.2) is 5.75 Å². The minimum absolute atomic E-state index is 0.0130. The zero-order valence-electron chi connectivity index (χ0n) is 18.3. The van der Waals surface area contributed by atoms with Gasteiger partial charge in [-0.25, -0.2) is 4.98 Å². The van der Waals surface area contributed by atoms with Crippen molar-refractivity contribution in [2.24, 2.45) is 5.10 Å². The molecule has 0 aliphatic heterocycles. The Balaban J connectivity index is 1.72. The van der Waals surface area contributed by atoms with E-state index in [1.165, 1.54) is 19.4 Å². The second-order valence-corrected chi connectivity index (χ2v) is 8.20. The first-order valence-corrected chi connectivity index (χ1v) is 10.9. The van der Waals surface area contributed by atoms with Crippen molar-refractivity contribution in [2.45, 2.75) is 13.5 Å². The van der Waals surface area contributed by atoms with Gasteiger partial charge in [-0.15, -0.1) is 0 Å². The zero-order valence-corrected chi connectivity index (χ0v) is 19.9. The van der Waals surface area contributed by atoms with Crippen LogP contribution >= 0.6 is 15.9 Å². The van der Waals surface area contributed by atoms with Gasteiger partial charge >= 0.3 is 5.69 Å². The summed E-state index contributed by atoms with van der Waals surface area (Å²) < 4.78 is 13.0. The first kappa shape index (κ1) is 23.1. The van der Waals surface area contributed by atoms with Gasteiger partial charge in [-0.3, -0.25) is 14.9 Å². The van der Waals surface area contributed by atoms with Crippen molar-refractivity contribution in [1.29, 1.82) is 0 Å². The predicted molar refractivity (Wildman–Crippen MR) is 132 cm³/mol. The van der Waals surface area contributed by atoms with E-state index in [0.717, 1.165) is 14.7 Å². The Morgan fingerprint density at radius 3 is 2.65 bits per heavy atom. The monoisotopic (exact) mass is 522 g/mol. The number of nitro groups is 1. The van der Waals surface area contributed by atoms with Crippen LogP contribution in [0, 0.1) is 17.0 Å². The van der Waals surface area contributed by atoms with E-state index >= 15 is 0 Å². The Kier molecular flexibility index (Phi) is 6.69. The molecule has 4 rings (SSSR count). The van der Waals surface area contributed by atoms with Gasteiger partial charge in [0.2, 0.25) is 5.75 Å². The van der Waals surface area contributed by atoms with Crippen LogP contribution in [0.3, 0.4) is 0 Å². The second kappa shape index (κ2) is 9.84. The van der Waals surface area contributed by atoms with E-state index in [9.17, 15) is 14.9 Å². The summed E-state index contributed by atoms with van der Waals surface area (Å²) in [6.45, 7) is 1.79. The van der Waals surface area contributed by atoms with Crippen LogP contribution in [-0.4, -0.2) is 27.9 Å². The van der Waals surface area contributed by atoms with Gasteiger partial charge < -0.3 is 9.47 Å². The molecule has 10 heteroatoms. The lowest BCUT2D eigenvalue weighted by atomic mass is 10.1. The average Bonchev–Trinajstić information content (AvgIpc) is 2.83.